The second-order valence-corrected chi connectivity index (χ2v) is 11.8. The van der Waals surface area contributed by atoms with E-state index in [1.165, 1.54) is 29.5 Å². The van der Waals surface area contributed by atoms with Gasteiger partial charge in [0, 0.05) is 10.8 Å². The van der Waals surface area contributed by atoms with Gasteiger partial charge < -0.3 is 5.73 Å². The Kier molecular flexibility index (Phi) is 7.30. The number of benzene rings is 1. The molecule has 0 aliphatic rings. The zero-order chi connectivity index (χ0) is 24.5. The monoisotopic (exact) mass is 550 g/mol. The van der Waals surface area contributed by atoms with Crippen LogP contribution in [-0.2, 0) is 10.1 Å². The van der Waals surface area contributed by atoms with Crippen molar-refractivity contribution >= 4 is 61.0 Å². The zero-order valence-corrected chi connectivity index (χ0v) is 21.7. The van der Waals surface area contributed by atoms with Crippen LogP contribution in [0.2, 0.25) is 0 Å². The van der Waals surface area contributed by atoms with Crippen LogP contribution in [0.5, 0.6) is 0 Å². The number of aryl methyl sites for hydroxylation is 1. The Morgan fingerprint density at radius 1 is 1.12 bits per heavy atom. The number of thiophene rings is 1. The van der Waals surface area contributed by atoms with Gasteiger partial charge in [-0.15, -0.1) is 16.1 Å². The third-order valence-corrected chi connectivity index (χ3v) is 7.71. The first kappa shape index (κ1) is 24.9. The lowest BCUT2D eigenvalue weighted by Gasteiger charge is -2.18. The minimum Gasteiger partial charge on any atom is -0.397 e. The summed E-state index contributed by atoms with van der Waals surface area (Å²) in [6.07, 6.45) is 3.18. The Bertz CT molecular complexity index is 1400. The van der Waals surface area contributed by atoms with Crippen LogP contribution in [0.3, 0.4) is 0 Å². The molecule has 3 rings (SSSR count). The Balaban J connectivity index is 2.24. The number of pyridine rings is 1. The van der Waals surface area contributed by atoms with Gasteiger partial charge in [-0.3, -0.25) is 13.9 Å². The van der Waals surface area contributed by atoms with Gasteiger partial charge in [-0.25, -0.2) is 0 Å². The summed E-state index contributed by atoms with van der Waals surface area (Å²) >= 11 is 4.82. The lowest BCUT2D eigenvalue weighted by atomic mass is 9.97. The molecule has 0 bridgehead atoms. The molecular formula is C23H23BrN2O5S2. The second kappa shape index (κ2) is 9.66. The van der Waals surface area contributed by atoms with Crippen molar-refractivity contribution < 1.29 is 17.5 Å². The predicted molar refractivity (Wildman–Crippen MR) is 135 cm³/mol. The smallest absolute Gasteiger partial charge is 0.357 e. The molecule has 0 radical (unpaired) electrons. The van der Waals surface area contributed by atoms with E-state index in [9.17, 15) is 18.0 Å². The Morgan fingerprint density at radius 3 is 2.30 bits per heavy atom. The summed E-state index contributed by atoms with van der Waals surface area (Å²) in [4.78, 5) is 26.8. The standard InChI is InChI=1S/C23H23BrN2O5S2/c1-13(2)22(27)20-15(4)21(25)18(11-7-16-8-12-19(24)32-16)26(23(20)28)31-33(29,30)17-9-5-14(3)6-10-17/h5-13H,25H2,1-4H3. The molecule has 0 spiro atoms. The average molecular weight is 551 g/mol. The van der Waals surface area contributed by atoms with Gasteiger partial charge in [0.2, 0.25) is 0 Å². The lowest BCUT2D eigenvalue weighted by molar-refractivity contribution is 0.0934. The minimum atomic E-state index is -4.39. The van der Waals surface area contributed by atoms with Crippen LogP contribution in [0, 0.1) is 19.8 Å². The first-order chi connectivity index (χ1) is 15.4. The molecule has 0 atom stereocenters. The number of ketones is 1. The second-order valence-electron chi connectivity index (χ2n) is 7.73. The van der Waals surface area contributed by atoms with Gasteiger partial charge in [0.05, 0.1) is 15.0 Å². The number of halogens is 1. The lowest BCUT2D eigenvalue weighted by Crippen LogP contribution is -2.38. The Hall–Kier alpha value is -2.69. The maximum atomic E-state index is 13.3. The van der Waals surface area contributed by atoms with Gasteiger partial charge in [-0.1, -0.05) is 31.5 Å². The topological polar surface area (TPSA) is 108 Å². The summed E-state index contributed by atoms with van der Waals surface area (Å²) in [5, 5.41) is 0. The molecule has 1 aromatic carbocycles. The fourth-order valence-electron chi connectivity index (χ4n) is 3.04. The van der Waals surface area contributed by atoms with Crippen molar-refractivity contribution in [3.05, 3.63) is 77.8 Å². The first-order valence-corrected chi connectivity index (χ1v) is 13.0. The normalized spacial score (nSPS) is 11.9. The van der Waals surface area contributed by atoms with E-state index in [1.807, 2.05) is 19.1 Å². The number of aromatic nitrogens is 1. The highest BCUT2D eigenvalue weighted by Crippen LogP contribution is 2.26. The highest BCUT2D eigenvalue weighted by molar-refractivity contribution is 9.11. The predicted octanol–water partition coefficient (Wildman–Crippen LogP) is 4.70. The highest BCUT2D eigenvalue weighted by Gasteiger charge is 2.27. The fraction of sp³-hybridized carbons (Fsp3) is 0.217. The number of carbonyl (C=O) groups is 1. The summed E-state index contributed by atoms with van der Waals surface area (Å²) in [5.74, 6) is -0.949. The summed E-state index contributed by atoms with van der Waals surface area (Å²) < 4.78 is 32.7. The van der Waals surface area contributed by atoms with E-state index < -0.39 is 27.4 Å². The van der Waals surface area contributed by atoms with E-state index in [4.69, 9.17) is 10.0 Å². The number of nitrogens with two attached hydrogens (primary N) is 1. The zero-order valence-electron chi connectivity index (χ0n) is 18.5. The van der Waals surface area contributed by atoms with E-state index in [-0.39, 0.29) is 27.4 Å². The number of rotatable bonds is 7. The van der Waals surface area contributed by atoms with Gasteiger partial charge >= 0.3 is 10.1 Å². The van der Waals surface area contributed by atoms with E-state index in [2.05, 4.69) is 15.9 Å². The fourth-order valence-corrected chi connectivity index (χ4v) is 5.27. The van der Waals surface area contributed by atoms with Crippen molar-refractivity contribution in [3.8, 4) is 0 Å². The molecule has 3 aromatic rings. The number of hydrogen-bond donors (Lipinski definition) is 1. The van der Waals surface area contributed by atoms with Crippen LogP contribution >= 0.6 is 27.3 Å². The van der Waals surface area contributed by atoms with Crippen molar-refractivity contribution in [1.29, 1.82) is 0 Å². The van der Waals surface area contributed by atoms with Gasteiger partial charge in [0.15, 0.2) is 5.78 Å². The molecule has 10 heteroatoms. The van der Waals surface area contributed by atoms with E-state index >= 15 is 0 Å². The molecule has 33 heavy (non-hydrogen) atoms. The summed E-state index contributed by atoms with van der Waals surface area (Å²) in [6, 6.07) is 9.70. The third-order valence-electron chi connectivity index (χ3n) is 4.92. The number of carbonyl (C=O) groups excluding carboxylic acids is 1. The van der Waals surface area contributed by atoms with E-state index in [0.717, 1.165) is 14.2 Å². The van der Waals surface area contributed by atoms with Gasteiger partial charge in [0.25, 0.3) is 5.56 Å². The average Bonchev–Trinajstić information content (AvgIpc) is 3.17. The molecule has 7 nitrogen and oxygen atoms in total. The van der Waals surface area contributed by atoms with Crippen LogP contribution in [0.25, 0.3) is 12.2 Å². The SMILES string of the molecule is Cc1ccc(S(=O)(=O)On2c(C=Cc3ccc(Br)s3)c(N)c(C)c(C(=O)C(C)C)c2=O)cc1. The maximum Gasteiger partial charge on any atom is 0.357 e. The van der Waals surface area contributed by atoms with Crippen LogP contribution in [0.4, 0.5) is 5.69 Å². The van der Waals surface area contributed by atoms with Gasteiger partial charge in [-0.2, -0.15) is 8.42 Å². The van der Waals surface area contributed by atoms with E-state index in [1.54, 1.807) is 39.0 Å². The molecule has 0 saturated heterocycles. The molecule has 0 unspecified atom stereocenters. The number of hydrogen-bond acceptors (Lipinski definition) is 7. The number of nitrogen functional groups attached to an aromatic ring is 1. The molecular weight excluding hydrogens is 528 g/mol. The van der Waals surface area contributed by atoms with Crippen LogP contribution in [0.1, 0.15) is 45.9 Å². The summed E-state index contributed by atoms with van der Waals surface area (Å²) in [7, 11) is -4.39. The largest absolute Gasteiger partial charge is 0.397 e. The molecule has 0 amide bonds. The number of Topliss-reactive ketones (excluding diaryl/α,β-unsaturated/α-hetero) is 1. The quantitative estimate of drug-likeness (QED) is 0.427. The van der Waals surface area contributed by atoms with Crippen molar-refractivity contribution in [3.63, 3.8) is 0 Å². The molecule has 0 aliphatic heterocycles. The molecule has 2 aromatic heterocycles. The Morgan fingerprint density at radius 2 is 1.76 bits per heavy atom. The number of anilines is 1. The molecule has 0 saturated carbocycles. The van der Waals surface area contributed by atoms with Crippen LogP contribution in [0.15, 0.2) is 49.9 Å². The third kappa shape index (κ3) is 5.29. The molecule has 0 fully saturated rings. The van der Waals surface area contributed by atoms with Gasteiger partial charge in [0.1, 0.15) is 10.6 Å². The number of nitrogens with zero attached hydrogens (tertiary/aromatic N) is 1. The van der Waals surface area contributed by atoms with Crippen LogP contribution in [-0.4, -0.2) is 18.9 Å². The highest BCUT2D eigenvalue weighted by atomic mass is 79.9. The maximum absolute atomic E-state index is 13.3. The van der Waals surface area contributed by atoms with Crippen molar-refractivity contribution in [1.82, 2.24) is 4.73 Å². The van der Waals surface area contributed by atoms with Crippen molar-refractivity contribution in [2.75, 3.05) is 5.73 Å². The molecule has 2 N–H and O–H groups in total. The molecule has 0 aliphatic carbocycles. The first-order valence-electron chi connectivity index (χ1n) is 9.96. The van der Waals surface area contributed by atoms with Crippen LogP contribution < -0.4 is 15.6 Å². The molecule has 2 heterocycles. The van der Waals surface area contributed by atoms with E-state index in [0.29, 0.717) is 4.73 Å². The Labute approximate surface area is 204 Å². The summed E-state index contributed by atoms with van der Waals surface area (Å²) in [5.41, 5.74) is 6.45. The van der Waals surface area contributed by atoms with Crippen molar-refractivity contribution in [2.45, 2.75) is 32.6 Å². The van der Waals surface area contributed by atoms with Gasteiger partial charge in [-0.05, 0) is 71.8 Å². The molecule has 174 valence electrons. The summed E-state index contributed by atoms with van der Waals surface area (Å²) in [6.45, 7) is 6.67. The minimum absolute atomic E-state index is 0.0259. The van der Waals surface area contributed by atoms with Crippen molar-refractivity contribution in [2.24, 2.45) is 5.92 Å².